The van der Waals surface area contributed by atoms with Crippen LogP contribution in [0.25, 0.3) is 22.5 Å². The van der Waals surface area contributed by atoms with Crippen molar-refractivity contribution in [2.24, 2.45) is 0 Å². The third-order valence-corrected chi connectivity index (χ3v) is 7.94. The SMILES string of the molecule is Cc1c(Cl)cc(-c2nn(C(C)C#N)cc2-c2ccncn2)cc1OC(c1ccccc1)(c1ccccc1)c1ccccc1. The number of rotatable bonds is 8. The van der Waals surface area contributed by atoms with E-state index in [9.17, 15) is 5.26 Å². The van der Waals surface area contributed by atoms with Gasteiger partial charge in [0.15, 0.2) is 5.60 Å². The average Bonchev–Trinajstić information content (AvgIpc) is 3.52. The summed E-state index contributed by atoms with van der Waals surface area (Å²) < 4.78 is 8.90. The van der Waals surface area contributed by atoms with Crippen LogP contribution in [-0.2, 0) is 5.60 Å². The molecule has 6 rings (SSSR count). The predicted octanol–water partition coefficient (Wildman–Crippen LogP) is 8.42. The van der Waals surface area contributed by atoms with Crippen molar-refractivity contribution >= 4 is 11.6 Å². The molecular formula is C36H28ClN5O. The molecule has 6 nitrogen and oxygen atoms in total. The van der Waals surface area contributed by atoms with E-state index in [1.165, 1.54) is 6.33 Å². The summed E-state index contributed by atoms with van der Waals surface area (Å²) >= 11 is 6.94. The third kappa shape index (κ3) is 5.27. The van der Waals surface area contributed by atoms with E-state index >= 15 is 0 Å². The number of ether oxygens (including phenoxy) is 1. The minimum Gasteiger partial charge on any atom is -0.473 e. The number of hydrogen-bond acceptors (Lipinski definition) is 5. The first-order chi connectivity index (χ1) is 21.0. The van der Waals surface area contributed by atoms with Gasteiger partial charge in [-0.15, -0.1) is 0 Å². The maximum absolute atomic E-state index is 9.63. The van der Waals surface area contributed by atoms with Crippen molar-refractivity contribution in [3.8, 4) is 34.3 Å². The molecule has 210 valence electrons. The van der Waals surface area contributed by atoms with Gasteiger partial charge in [-0.1, -0.05) is 103 Å². The Labute approximate surface area is 255 Å². The van der Waals surface area contributed by atoms with Crippen LogP contribution in [-0.4, -0.2) is 19.7 Å². The first kappa shape index (κ1) is 27.9. The Morgan fingerprint density at radius 2 is 1.44 bits per heavy atom. The molecule has 0 amide bonds. The number of benzene rings is 4. The largest absolute Gasteiger partial charge is 0.473 e. The van der Waals surface area contributed by atoms with Crippen molar-refractivity contribution in [1.29, 1.82) is 5.26 Å². The van der Waals surface area contributed by atoms with Gasteiger partial charge in [-0.25, -0.2) is 9.97 Å². The molecule has 0 fully saturated rings. The van der Waals surface area contributed by atoms with Gasteiger partial charge in [-0.05, 0) is 32.0 Å². The van der Waals surface area contributed by atoms with E-state index in [0.29, 0.717) is 22.2 Å². The maximum atomic E-state index is 9.63. The summed E-state index contributed by atoms with van der Waals surface area (Å²) in [5.74, 6) is 0.607. The fourth-order valence-corrected chi connectivity index (χ4v) is 5.47. The molecule has 6 aromatic rings. The third-order valence-electron chi connectivity index (χ3n) is 7.55. The standard InChI is InChI=1S/C36H28ClN5O/c1-25(22-38)42-23-31(33-18-19-39-24-40-33)35(41-42)27-20-32(37)26(2)34(21-27)43-36(28-12-6-3-7-13-28,29-14-8-4-9-15-29)30-16-10-5-11-17-30/h3-21,23-25H,1-2H3. The highest BCUT2D eigenvalue weighted by Gasteiger charge is 2.39. The van der Waals surface area contributed by atoms with E-state index in [1.807, 2.05) is 85.9 Å². The van der Waals surface area contributed by atoms with Crippen molar-refractivity contribution in [1.82, 2.24) is 19.7 Å². The molecule has 0 bridgehead atoms. The Hall–Kier alpha value is -5.25. The summed E-state index contributed by atoms with van der Waals surface area (Å²) in [6.45, 7) is 3.75. The Kier molecular flexibility index (Phi) is 7.74. The van der Waals surface area contributed by atoms with Gasteiger partial charge in [0.25, 0.3) is 0 Å². The van der Waals surface area contributed by atoms with Gasteiger partial charge < -0.3 is 4.74 Å². The summed E-state index contributed by atoms with van der Waals surface area (Å²) in [7, 11) is 0. The normalized spacial score (nSPS) is 12.0. The average molecular weight is 582 g/mol. The van der Waals surface area contributed by atoms with Crippen molar-refractivity contribution in [2.45, 2.75) is 25.5 Å². The van der Waals surface area contributed by atoms with Gasteiger partial charge in [0.1, 0.15) is 23.8 Å². The van der Waals surface area contributed by atoms with E-state index in [-0.39, 0.29) is 0 Å². The molecule has 2 heterocycles. The van der Waals surface area contributed by atoms with Crippen LogP contribution >= 0.6 is 11.6 Å². The zero-order valence-corrected chi connectivity index (χ0v) is 24.5. The van der Waals surface area contributed by atoms with Gasteiger partial charge in [0.05, 0.1) is 11.8 Å². The van der Waals surface area contributed by atoms with Crippen LogP contribution in [0.15, 0.2) is 128 Å². The maximum Gasteiger partial charge on any atom is 0.184 e. The van der Waals surface area contributed by atoms with Crippen molar-refractivity contribution < 1.29 is 4.74 Å². The monoisotopic (exact) mass is 581 g/mol. The Balaban J connectivity index is 1.59. The van der Waals surface area contributed by atoms with Crippen LogP contribution in [0, 0.1) is 18.3 Å². The van der Waals surface area contributed by atoms with Crippen LogP contribution in [0.5, 0.6) is 5.75 Å². The molecule has 0 saturated heterocycles. The lowest BCUT2D eigenvalue weighted by molar-refractivity contribution is 0.154. The van der Waals surface area contributed by atoms with E-state index in [2.05, 4.69) is 52.4 Å². The molecular weight excluding hydrogens is 554 g/mol. The van der Waals surface area contributed by atoms with E-state index in [0.717, 1.165) is 33.4 Å². The van der Waals surface area contributed by atoms with Gasteiger partial charge in [0.2, 0.25) is 0 Å². The van der Waals surface area contributed by atoms with Crippen LogP contribution in [0.1, 0.15) is 35.2 Å². The molecule has 1 unspecified atom stereocenters. The van der Waals surface area contributed by atoms with E-state index < -0.39 is 11.6 Å². The van der Waals surface area contributed by atoms with E-state index in [1.54, 1.807) is 17.8 Å². The van der Waals surface area contributed by atoms with Gasteiger partial charge in [0, 0.05) is 50.8 Å². The van der Waals surface area contributed by atoms with Crippen LogP contribution in [0.3, 0.4) is 0 Å². The smallest absolute Gasteiger partial charge is 0.184 e. The van der Waals surface area contributed by atoms with Crippen LogP contribution in [0.4, 0.5) is 0 Å². The topological polar surface area (TPSA) is 76.6 Å². The van der Waals surface area contributed by atoms with Crippen LogP contribution in [0.2, 0.25) is 5.02 Å². The molecule has 4 aromatic carbocycles. The number of nitrogens with zero attached hydrogens (tertiary/aromatic N) is 5. The molecule has 1 atom stereocenters. The lowest BCUT2D eigenvalue weighted by atomic mass is 9.80. The molecule has 0 aliphatic heterocycles. The number of halogens is 1. The highest BCUT2D eigenvalue weighted by molar-refractivity contribution is 6.31. The van der Waals surface area contributed by atoms with Gasteiger partial charge in [-0.3, -0.25) is 4.68 Å². The zero-order valence-electron chi connectivity index (χ0n) is 23.7. The van der Waals surface area contributed by atoms with E-state index in [4.69, 9.17) is 21.4 Å². The quantitative estimate of drug-likeness (QED) is 0.169. The fourth-order valence-electron chi connectivity index (χ4n) is 5.26. The van der Waals surface area contributed by atoms with Gasteiger partial charge >= 0.3 is 0 Å². The second-order valence-electron chi connectivity index (χ2n) is 10.2. The number of aromatic nitrogens is 4. The van der Waals surface area contributed by atoms with Crippen molar-refractivity contribution in [3.05, 3.63) is 155 Å². The molecule has 7 heteroatoms. The number of nitriles is 1. The molecule has 0 aliphatic rings. The number of hydrogen-bond donors (Lipinski definition) is 0. The summed E-state index contributed by atoms with van der Waals surface area (Å²) in [6.07, 6.45) is 5.01. The second-order valence-corrected chi connectivity index (χ2v) is 10.6. The molecule has 0 spiro atoms. The lowest BCUT2D eigenvalue weighted by Gasteiger charge is -2.37. The lowest BCUT2D eigenvalue weighted by Crippen LogP contribution is -2.36. The summed E-state index contributed by atoms with van der Waals surface area (Å²) in [5, 5.41) is 15.0. The first-order valence-electron chi connectivity index (χ1n) is 13.9. The minimum absolute atomic E-state index is 0.479. The second kappa shape index (κ2) is 11.9. The Morgan fingerprint density at radius 3 is 1.95 bits per heavy atom. The fraction of sp³-hybridized carbons (Fsp3) is 0.111. The summed E-state index contributed by atoms with van der Waals surface area (Å²) in [6, 6.07) is 38.1. The molecule has 0 saturated carbocycles. The molecule has 0 N–H and O–H groups in total. The highest BCUT2D eigenvalue weighted by Crippen LogP contribution is 2.44. The first-order valence-corrected chi connectivity index (χ1v) is 14.3. The summed E-state index contributed by atoms with van der Waals surface area (Å²) in [5.41, 5.74) is 5.56. The highest BCUT2D eigenvalue weighted by atomic mass is 35.5. The minimum atomic E-state index is -0.985. The molecule has 0 radical (unpaired) electrons. The van der Waals surface area contributed by atoms with Crippen molar-refractivity contribution in [3.63, 3.8) is 0 Å². The molecule has 2 aromatic heterocycles. The summed E-state index contributed by atoms with van der Waals surface area (Å²) in [4.78, 5) is 8.53. The zero-order chi connectivity index (χ0) is 29.8. The molecule has 0 aliphatic carbocycles. The molecule has 43 heavy (non-hydrogen) atoms. The Morgan fingerprint density at radius 1 is 0.860 bits per heavy atom. The van der Waals surface area contributed by atoms with Crippen LogP contribution < -0.4 is 4.74 Å². The van der Waals surface area contributed by atoms with Crippen molar-refractivity contribution in [2.75, 3.05) is 0 Å². The predicted molar refractivity (Wildman–Crippen MR) is 169 cm³/mol. The van der Waals surface area contributed by atoms with Gasteiger partial charge in [-0.2, -0.15) is 10.4 Å². The Bertz CT molecular complexity index is 1790.